The van der Waals surface area contributed by atoms with E-state index in [4.69, 9.17) is 4.74 Å². The van der Waals surface area contributed by atoms with Crippen LogP contribution >= 0.6 is 0 Å². The van der Waals surface area contributed by atoms with Gasteiger partial charge in [-0.05, 0) is 48.9 Å². The first kappa shape index (κ1) is 18.2. The molecule has 0 heterocycles. The minimum atomic E-state index is -0.586. The molecule has 0 unspecified atom stereocenters. The summed E-state index contributed by atoms with van der Waals surface area (Å²) in [5, 5.41) is 4.98. The Kier molecular flexibility index (Phi) is 6.28. The number of carbonyl (C=O) groups excluding carboxylic acids is 2. The van der Waals surface area contributed by atoms with E-state index in [-0.39, 0.29) is 11.6 Å². The Labute approximate surface area is 145 Å². The summed E-state index contributed by atoms with van der Waals surface area (Å²) < 4.78 is 19.1. The summed E-state index contributed by atoms with van der Waals surface area (Å²) in [5.74, 6) is -0.593. The van der Waals surface area contributed by atoms with Gasteiger partial charge in [-0.2, -0.15) is 0 Å². The summed E-state index contributed by atoms with van der Waals surface area (Å²) in [6.45, 7) is 3.83. The van der Waals surface area contributed by atoms with Crippen molar-refractivity contribution in [3.05, 3.63) is 59.9 Å². The predicted molar refractivity (Wildman–Crippen MR) is 96.0 cm³/mol. The van der Waals surface area contributed by atoms with Crippen molar-refractivity contribution in [1.82, 2.24) is 0 Å². The summed E-state index contributed by atoms with van der Waals surface area (Å²) in [7, 11) is 0. The highest BCUT2D eigenvalue weighted by atomic mass is 19.1. The number of rotatable bonds is 6. The van der Waals surface area contributed by atoms with Crippen LogP contribution in [0.3, 0.4) is 0 Å². The van der Waals surface area contributed by atoms with Crippen LogP contribution in [-0.2, 0) is 9.59 Å². The number of ether oxygens (including phenoxy) is 1. The highest BCUT2D eigenvalue weighted by Gasteiger charge is 2.07. The first-order valence-corrected chi connectivity index (χ1v) is 7.77. The molecular formula is C19H19FN2O3. The molecule has 2 aromatic carbocycles. The average molecular weight is 342 g/mol. The molecule has 2 amide bonds. The molecule has 0 atom stereocenters. The summed E-state index contributed by atoms with van der Waals surface area (Å²) in [5.41, 5.74) is 1.21. The van der Waals surface area contributed by atoms with E-state index in [0.717, 1.165) is 11.3 Å². The Morgan fingerprint density at radius 2 is 1.84 bits per heavy atom. The van der Waals surface area contributed by atoms with E-state index in [1.807, 2.05) is 19.1 Å². The topological polar surface area (TPSA) is 67.4 Å². The Balaban J connectivity index is 2.02. The number of anilines is 2. The molecule has 2 aromatic rings. The molecule has 0 saturated heterocycles. The molecule has 6 heteroatoms. The van der Waals surface area contributed by atoms with Crippen LogP contribution in [0.1, 0.15) is 19.4 Å². The second-order valence-electron chi connectivity index (χ2n) is 5.20. The Bertz CT molecular complexity index is 786. The fraction of sp³-hybridized carbons (Fsp3) is 0.158. The Morgan fingerprint density at radius 3 is 2.48 bits per heavy atom. The van der Waals surface area contributed by atoms with Crippen LogP contribution in [0.25, 0.3) is 6.08 Å². The number of benzene rings is 2. The van der Waals surface area contributed by atoms with Crippen molar-refractivity contribution in [3.63, 3.8) is 0 Å². The van der Waals surface area contributed by atoms with E-state index in [9.17, 15) is 14.0 Å². The zero-order chi connectivity index (χ0) is 18.2. The standard InChI is InChI=1S/C19H19FN2O3/c1-3-25-16-8-4-14(5-9-16)6-11-19(24)22-18-12-15(21-13(2)23)7-10-17(18)20/h4-12H,3H2,1-2H3,(H,21,23)(H,22,24)/b11-6+. The number of hydrogen-bond donors (Lipinski definition) is 2. The lowest BCUT2D eigenvalue weighted by atomic mass is 10.2. The fourth-order valence-corrected chi connectivity index (χ4v) is 2.09. The van der Waals surface area contributed by atoms with Crippen LogP contribution in [0.15, 0.2) is 48.5 Å². The van der Waals surface area contributed by atoms with Crippen molar-refractivity contribution in [2.75, 3.05) is 17.2 Å². The quantitative estimate of drug-likeness (QED) is 0.784. The molecule has 5 nitrogen and oxygen atoms in total. The maximum Gasteiger partial charge on any atom is 0.248 e. The van der Waals surface area contributed by atoms with Gasteiger partial charge in [0.05, 0.1) is 12.3 Å². The summed E-state index contributed by atoms with van der Waals surface area (Å²) in [6, 6.07) is 11.2. The molecule has 2 rings (SSSR count). The Hall–Kier alpha value is -3.15. The molecule has 0 radical (unpaired) electrons. The minimum absolute atomic E-state index is 0.00686. The van der Waals surface area contributed by atoms with Gasteiger partial charge in [0.2, 0.25) is 11.8 Å². The minimum Gasteiger partial charge on any atom is -0.494 e. The summed E-state index contributed by atoms with van der Waals surface area (Å²) in [6.07, 6.45) is 2.92. The van der Waals surface area contributed by atoms with Crippen LogP contribution < -0.4 is 15.4 Å². The maximum atomic E-state index is 13.8. The van der Waals surface area contributed by atoms with Gasteiger partial charge < -0.3 is 15.4 Å². The molecule has 0 bridgehead atoms. The number of amides is 2. The molecule has 25 heavy (non-hydrogen) atoms. The number of halogens is 1. The van der Waals surface area contributed by atoms with Gasteiger partial charge in [-0.15, -0.1) is 0 Å². The molecule has 0 saturated carbocycles. The second-order valence-corrected chi connectivity index (χ2v) is 5.20. The molecule has 0 fully saturated rings. The second kappa shape index (κ2) is 8.63. The van der Waals surface area contributed by atoms with Gasteiger partial charge in [0.25, 0.3) is 0 Å². The van der Waals surface area contributed by atoms with Crippen LogP contribution in [0.4, 0.5) is 15.8 Å². The monoisotopic (exact) mass is 342 g/mol. The highest BCUT2D eigenvalue weighted by molar-refractivity contribution is 6.02. The lowest BCUT2D eigenvalue weighted by Gasteiger charge is -2.07. The van der Waals surface area contributed by atoms with E-state index in [0.29, 0.717) is 12.3 Å². The largest absolute Gasteiger partial charge is 0.494 e. The lowest BCUT2D eigenvalue weighted by molar-refractivity contribution is -0.114. The van der Waals surface area contributed by atoms with E-state index >= 15 is 0 Å². The van der Waals surface area contributed by atoms with Gasteiger partial charge in [-0.1, -0.05) is 12.1 Å². The van der Waals surface area contributed by atoms with Crippen molar-refractivity contribution >= 4 is 29.3 Å². The molecule has 0 aliphatic rings. The SMILES string of the molecule is CCOc1ccc(/C=C/C(=O)Nc2cc(NC(C)=O)ccc2F)cc1. The normalized spacial score (nSPS) is 10.5. The first-order chi connectivity index (χ1) is 12.0. The van der Waals surface area contributed by atoms with Gasteiger partial charge in [-0.3, -0.25) is 9.59 Å². The fourth-order valence-electron chi connectivity index (χ4n) is 2.09. The third kappa shape index (κ3) is 5.76. The van der Waals surface area contributed by atoms with E-state index < -0.39 is 11.7 Å². The highest BCUT2D eigenvalue weighted by Crippen LogP contribution is 2.20. The number of carbonyl (C=O) groups is 2. The number of nitrogens with one attached hydrogen (secondary N) is 2. The molecule has 130 valence electrons. The van der Waals surface area contributed by atoms with Gasteiger partial charge in [-0.25, -0.2) is 4.39 Å². The number of hydrogen-bond acceptors (Lipinski definition) is 3. The van der Waals surface area contributed by atoms with Crippen LogP contribution in [0, 0.1) is 5.82 Å². The molecule has 2 N–H and O–H groups in total. The smallest absolute Gasteiger partial charge is 0.248 e. The van der Waals surface area contributed by atoms with E-state index in [2.05, 4.69) is 10.6 Å². The van der Waals surface area contributed by atoms with Gasteiger partial charge in [0.1, 0.15) is 11.6 Å². The van der Waals surface area contributed by atoms with Crippen molar-refractivity contribution in [2.45, 2.75) is 13.8 Å². The van der Waals surface area contributed by atoms with Crippen molar-refractivity contribution < 1.29 is 18.7 Å². The van der Waals surface area contributed by atoms with Crippen molar-refractivity contribution in [1.29, 1.82) is 0 Å². The third-order valence-corrected chi connectivity index (χ3v) is 3.16. The predicted octanol–water partition coefficient (Wildman–Crippen LogP) is 3.83. The van der Waals surface area contributed by atoms with Crippen LogP contribution in [-0.4, -0.2) is 18.4 Å². The van der Waals surface area contributed by atoms with Gasteiger partial charge in [0, 0.05) is 18.7 Å². The lowest BCUT2D eigenvalue weighted by Crippen LogP contribution is -2.11. The summed E-state index contributed by atoms with van der Waals surface area (Å²) >= 11 is 0. The van der Waals surface area contributed by atoms with E-state index in [1.54, 1.807) is 18.2 Å². The molecular weight excluding hydrogens is 323 g/mol. The van der Waals surface area contributed by atoms with Crippen LogP contribution in [0.2, 0.25) is 0 Å². The van der Waals surface area contributed by atoms with Crippen molar-refractivity contribution in [3.8, 4) is 5.75 Å². The molecule has 0 spiro atoms. The average Bonchev–Trinajstić information content (AvgIpc) is 2.57. The molecule has 0 aliphatic carbocycles. The van der Waals surface area contributed by atoms with Crippen molar-refractivity contribution in [2.24, 2.45) is 0 Å². The molecule has 0 aromatic heterocycles. The van der Waals surface area contributed by atoms with E-state index in [1.165, 1.54) is 31.2 Å². The maximum absolute atomic E-state index is 13.8. The zero-order valence-electron chi connectivity index (χ0n) is 14.0. The first-order valence-electron chi connectivity index (χ1n) is 7.77. The van der Waals surface area contributed by atoms with Gasteiger partial charge >= 0.3 is 0 Å². The zero-order valence-corrected chi connectivity index (χ0v) is 14.0. The Morgan fingerprint density at radius 1 is 1.12 bits per heavy atom. The summed E-state index contributed by atoms with van der Waals surface area (Å²) in [4.78, 5) is 23.0. The third-order valence-electron chi connectivity index (χ3n) is 3.16. The molecule has 0 aliphatic heterocycles. The van der Waals surface area contributed by atoms with Crippen LogP contribution in [0.5, 0.6) is 5.75 Å². The van der Waals surface area contributed by atoms with Gasteiger partial charge in [0.15, 0.2) is 0 Å².